The number of hydrogen-bond donors (Lipinski definition) is 1. The van der Waals surface area contributed by atoms with E-state index >= 15 is 0 Å². The predicted octanol–water partition coefficient (Wildman–Crippen LogP) is 3.94. The first-order valence-electron chi connectivity index (χ1n) is 5.75. The second-order valence-electron chi connectivity index (χ2n) is 3.98. The van der Waals surface area contributed by atoms with Gasteiger partial charge in [-0.1, -0.05) is 30.7 Å². The lowest BCUT2D eigenvalue weighted by molar-refractivity contribution is 0.520. The Kier molecular flexibility index (Phi) is 3.87. The van der Waals surface area contributed by atoms with Crippen molar-refractivity contribution in [3.8, 4) is 0 Å². The monoisotopic (exact) mass is 249 g/mol. The van der Waals surface area contributed by atoms with Gasteiger partial charge in [-0.25, -0.2) is 0 Å². The van der Waals surface area contributed by atoms with Gasteiger partial charge in [-0.3, -0.25) is 0 Å². The summed E-state index contributed by atoms with van der Waals surface area (Å²) in [7, 11) is 0. The van der Waals surface area contributed by atoms with E-state index in [2.05, 4.69) is 18.3 Å². The lowest BCUT2D eigenvalue weighted by Crippen LogP contribution is -2.22. The molecule has 1 aromatic carbocycles. The molecule has 1 heterocycles. The van der Waals surface area contributed by atoms with Crippen molar-refractivity contribution in [1.29, 1.82) is 0 Å². The van der Waals surface area contributed by atoms with Gasteiger partial charge in [-0.2, -0.15) is 0 Å². The molecule has 2 aromatic rings. The minimum Gasteiger partial charge on any atom is -0.469 e. The number of furan rings is 1. The van der Waals surface area contributed by atoms with Crippen LogP contribution in [0.1, 0.15) is 29.9 Å². The van der Waals surface area contributed by atoms with Crippen LogP contribution in [0.5, 0.6) is 0 Å². The van der Waals surface area contributed by atoms with Crippen LogP contribution in [0.15, 0.2) is 41.0 Å². The molecule has 1 unspecified atom stereocenters. The maximum Gasteiger partial charge on any atom is 0.105 e. The van der Waals surface area contributed by atoms with Gasteiger partial charge in [0.2, 0.25) is 0 Å². The number of halogens is 1. The van der Waals surface area contributed by atoms with Crippen molar-refractivity contribution < 1.29 is 4.42 Å². The second-order valence-corrected chi connectivity index (χ2v) is 4.41. The van der Waals surface area contributed by atoms with E-state index in [1.54, 1.807) is 6.26 Å². The first-order valence-corrected chi connectivity index (χ1v) is 6.13. The molecule has 1 atom stereocenters. The lowest BCUT2D eigenvalue weighted by atomic mass is 9.99. The SMILES string of the molecule is CCNC(c1cccc(Cl)c1)c1ccoc1C. The molecular weight excluding hydrogens is 234 g/mol. The average molecular weight is 250 g/mol. The third-order valence-corrected chi connectivity index (χ3v) is 3.04. The highest BCUT2D eigenvalue weighted by Crippen LogP contribution is 2.27. The zero-order valence-electron chi connectivity index (χ0n) is 10.0. The molecule has 1 aromatic heterocycles. The Hall–Kier alpha value is -1.25. The van der Waals surface area contributed by atoms with Crippen LogP contribution < -0.4 is 5.32 Å². The Labute approximate surface area is 107 Å². The minimum atomic E-state index is 0.137. The minimum absolute atomic E-state index is 0.137. The standard InChI is InChI=1S/C14H16ClNO/c1-3-16-14(13-7-8-17-10(13)2)11-5-4-6-12(15)9-11/h4-9,14,16H,3H2,1-2H3. The molecule has 0 radical (unpaired) electrons. The molecule has 0 aliphatic carbocycles. The van der Waals surface area contributed by atoms with Crippen LogP contribution in [0.25, 0.3) is 0 Å². The van der Waals surface area contributed by atoms with Crippen molar-refractivity contribution in [3.63, 3.8) is 0 Å². The van der Waals surface area contributed by atoms with Crippen LogP contribution in [0.3, 0.4) is 0 Å². The summed E-state index contributed by atoms with van der Waals surface area (Å²) in [6.07, 6.45) is 1.72. The molecule has 0 saturated carbocycles. The normalized spacial score (nSPS) is 12.6. The fourth-order valence-electron chi connectivity index (χ4n) is 1.99. The van der Waals surface area contributed by atoms with Gasteiger partial charge in [0.05, 0.1) is 12.3 Å². The van der Waals surface area contributed by atoms with Gasteiger partial charge in [0, 0.05) is 10.6 Å². The van der Waals surface area contributed by atoms with Crippen molar-refractivity contribution >= 4 is 11.6 Å². The highest BCUT2D eigenvalue weighted by molar-refractivity contribution is 6.30. The first-order chi connectivity index (χ1) is 8.22. The Bertz CT molecular complexity index is 492. The molecular formula is C14H16ClNO. The third-order valence-electron chi connectivity index (χ3n) is 2.80. The zero-order chi connectivity index (χ0) is 12.3. The number of benzene rings is 1. The van der Waals surface area contributed by atoms with E-state index in [0.717, 1.165) is 28.5 Å². The smallest absolute Gasteiger partial charge is 0.105 e. The average Bonchev–Trinajstić information content (AvgIpc) is 2.72. The van der Waals surface area contributed by atoms with E-state index in [-0.39, 0.29) is 6.04 Å². The van der Waals surface area contributed by atoms with Crippen LogP contribution in [-0.4, -0.2) is 6.54 Å². The van der Waals surface area contributed by atoms with Gasteiger partial charge in [-0.15, -0.1) is 0 Å². The molecule has 90 valence electrons. The highest BCUT2D eigenvalue weighted by Gasteiger charge is 2.16. The Morgan fingerprint density at radius 2 is 2.18 bits per heavy atom. The molecule has 1 N–H and O–H groups in total. The van der Waals surface area contributed by atoms with Crippen molar-refractivity contribution in [3.05, 3.63) is 58.5 Å². The molecule has 0 saturated heterocycles. The summed E-state index contributed by atoms with van der Waals surface area (Å²) in [5.41, 5.74) is 2.32. The fourth-order valence-corrected chi connectivity index (χ4v) is 2.19. The van der Waals surface area contributed by atoms with Gasteiger partial charge >= 0.3 is 0 Å². The van der Waals surface area contributed by atoms with Crippen LogP contribution >= 0.6 is 11.6 Å². The maximum absolute atomic E-state index is 6.04. The van der Waals surface area contributed by atoms with Crippen molar-refractivity contribution in [2.45, 2.75) is 19.9 Å². The molecule has 2 rings (SSSR count). The molecule has 0 aliphatic rings. The maximum atomic E-state index is 6.04. The predicted molar refractivity (Wildman–Crippen MR) is 70.4 cm³/mol. The van der Waals surface area contributed by atoms with E-state index in [1.807, 2.05) is 31.2 Å². The molecule has 0 spiro atoms. The summed E-state index contributed by atoms with van der Waals surface area (Å²) in [6.45, 7) is 4.96. The molecule has 0 aliphatic heterocycles. The second kappa shape index (κ2) is 5.39. The fraction of sp³-hybridized carbons (Fsp3) is 0.286. The lowest BCUT2D eigenvalue weighted by Gasteiger charge is -2.18. The van der Waals surface area contributed by atoms with Crippen molar-refractivity contribution in [2.24, 2.45) is 0 Å². The summed E-state index contributed by atoms with van der Waals surface area (Å²) in [5, 5.41) is 4.21. The van der Waals surface area contributed by atoms with E-state index in [0.29, 0.717) is 0 Å². The van der Waals surface area contributed by atoms with Crippen LogP contribution in [0.4, 0.5) is 0 Å². The first kappa shape index (κ1) is 12.2. The van der Waals surface area contributed by atoms with E-state index in [1.165, 1.54) is 0 Å². The molecule has 0 fully saturated rings. The van der Waals surface area contributed by atoms with Gasteiger partial charge in [-0.05, 0) is 37.2 Å². The highest BCUT2D eigenvalue weighted by atomic mass is 35.5. The summed E-state index contributed by atoms with van der Waals surface area (Å²) < 4.78 is 5.37. The Balaban J connectivity index is 2.39. The van der Waals surface area contributed by atoms with Crippen molar-refractivity contribution in [1.82, 2.24) is 5.32 Å². The number of rotatable bonds is 4. The number of nitrogens with one attached hydrogen (secondary N) is 1. The number of hydrogen-bond acceptors (Lipinski definition) is 2. The molecule has 0 amide bonds. The van der Waals surface area contributed by atoms with Gasteiger partial charge in [0.1, 0.15) is 5.76 Å². The van der Waals surface area contributed by atoms with E-state index < -0.39 is 0 Å². The molecule has 2 nitrogen and oxygen atoms in total. The molecule has 0 bridgehead atoms. The van der Waals surface area contributed by atoms with Crippen LogP contribution in [-0.2, 0) is 0 Å². The number of aryl methyl sites for hydroxylation is 1. The summed E-state index contributed by atoms with van der Waals surface area (Å²) in [6, 6.07) is 10.1. The Morgan fingerprint density at radius 3 is 2.76 bits per heavy atom. The van der Waals surface area contributed by atoms with E-state index in [9.17, 15) is 0 Å². The molecule has 17 heavy (non-hydrogen) atoms. The summed E-state index contributed by atoms with van der Waals surface area (Å²) in [4.78, 5) is 0. The Morgan fingerprint density at radius 1 is 1.35 bits per heavy atom. The topological polar surface area (TPSA) is 25.2 Å². The zero-order valence-corrected chi connectivity index (χ0v) is 10.8. The van der Waals surface area contributed by atoms with Gasteiger partial charge in [0.25, 0.3) is 0 Å². The summed E-state index contributed by atoms with van der Waals surface area (Å²) >= 11 is 6.04. The van der Waals surface area contributed by atoms with Crippen LogP contribution in [0.2, 0.25) is 5.02 Å². The molecule has 3 heteroatoms. The van der Waals surface area contributed by atoms with Gasteiger partial charge in [0.15, 0.2) is 0 Å². The van der Waals surface area contributed by atoms with Gasteiger partial charge < -0.3 is 9.73 Å². The quantitative estimate of drug-likeness (QED) is 0.888. The van der Waals surface area contributed by atoms with Crippen LogP contribution in [0, 0.1) is 6.92 Å². The summed E-state index contributed by atoms with van der Waals surface area (Å²) in [5.74, 6) is 0.941. The third kappa shape index (κ3) is 2.71. The van der Waals surface area contributed by atoms with Crippen molar-refractivity contribution in [2.75, 3.05) is 6.54 Å². The van der Waals surface area contributed by atoms with E-state index in [4.69, 9.17) is 16.0 Å². The largest absolute Gasteiger partial charge is 0.469 e.